The highest BCUT2D eigenvalue weighted by Crippen LogP contribution is 2.34. The number of nitrogens with two attached hydrogens (primary N) is 1. The number of carbonyl (C=O) groups is 1. The molecule has 0 aliphatic heterocycles. The molecule has 0 saturated carbocycles. The molecule has 0 bridgehead atoms. The van der Waals surface area contributed by atoms with E-state index in [1.807, 2.05) is 12.3 Å². The van der Waals surface area contributed by atoms with E-state index in [4.69, 9.17) is 10.2 Å². The van der Waals surface area contributed by atoms with Gasteiger partial charge in [0.15, 0.2) is 10.3 Å². The van der Waals surface area contributed by atoms with Crippen LogP contribution in [0.25, 0.3) is 21.5 Å². The molecule has 0 radical (unpaired) electrons. The van der Waals surface area contributed by atoms with E-state index >= 15 is 0 Å². The number of nitrogen functional groups attached to an aromatic ring is 1. The number of rotatable bonds is 3. The fraction of sp³-hybridized carbons (Fsp3) is 0.0588. The van der Waals surface area contributed by atoms with Crippen LogP contribution in [0.1, 0.15) is 16.1 Å². The molecule has 1 aromatic carbocycles. The van der Waals surface area contributed by atoms with E-state index in [1.165, 1.54) is 28.7 Å². The molecular formula is C17H12N4O3S2. The molecule has 3 heterocycles. The molecule has 0 fully saturated rings. The van der Waals surface area contributed by atoms with Gasteiger partial charge in [0.05, 0.1) is 16.3 Å². The Morgan fingerprint density at radius 2 is 2.08 bits per heavy atom. The average Bonchev–Trinajstić information content (AvgIpc) is 3.19. The maximum atomic E-state index is 12.5. The number of anilines is 2. The Kier molecular flexibility index (Phi) is 4.02. The Balaban J connectivity index is 1.65. The van der Waals surface area contributed by atoms with Crippen LogP contribution >= 0.6 is 22.7 Å². The molecule has 7 nitrogen and oxygen atoms in total. The van der Waals surface area contributed by atoms with Crippen LogP contribution in [-0.2, 0) is 0 Å². The second-order valence-electron chi connectivity index (χ2n) is 5.44. The van der Waals surface area contributed by atoms with Crippen molar-refractivity contribution in [2.45, 2.75) is 6.92 Å². The molecule has 3 N–H and O–H groups in total. The van der Waals surface area contributed by atoms with Crippen molar-refractivity contribution in [2.24, 2.45) is 0 Å². The number of carbonyl (C=O) groups excluding carboxylic acids is 1. The smallest absolute Gasteiger partial charge is 0.349 e. The highest BCUT2D eigenvalue weighted by atomic mass is 32.1. The van der Waals surface area contributed by atoms with Crippen LogP contribution in [0.2, 0.25) is 0 Å². The maximum Gasteiger partial charge on any atom is 0.349 e. The summed E-state index contributed by atoms with van der Waals surface area (Å²) in [6.45, 7) is 1.82. The summed E-state index contributed by atoms with van der Waals surface area (Å²) < 4.78 is 5.20. The Morgan fingerprint density at radius 3 is 2.85 bits per heavy atom. The molecule has 0 spiro atoms. The van der Waals surface area contributed by atoms with Crippen LogP contribution in [0, 0.1) is 6.92 Å². The maximum absolute atomic E-state index is 12.5. The van der Waals surface area contributed by atoms with Crippen molar-refractivity contribution in [1.82, 2.24) is 9.97 Å². The van der Waals surface area contributed by atoms with E-state index in [1.54, 1.807) is 24.3 Å². The quantitative estimate of drug-likeness (QED) is 0.523. The van der Waals surface area contributed by atoms with Gasteiger partial charge in [0.1, 0.15) is 11.1 Å². The van der Waals surface area contributed by atoms with Gasteiger partial charge in [-0.25, -0.2) is 14.8 Å². The Labute approximate surface area is 155 Å². The standard InChI is InChI=1S/C17H12N4O3S2/c1-8-13(11-7-25-16(18)20-11)26-17(19-8)21-14(22)10-6-9-4-2-3-5-12(9)24-15(10)23/h2-7H,1H3,(H2,18,20)(H,19,21,22). The lowest BCUT2D eigenvalue weighted by atomic mass is 10.2. The van der Waals surface area contributed by atoms with E-state index < -0.39 is 11.5 Å². The van der Waals surface area contributed by atoms with Gasteiger partial charge in [-0.1, -0.05) is 29.5 Å². The number of aryl methyl sites for hydroxylation is 1. The first kappa shape index (κ1) is 16.4. The third-order valence-electron chi connectivity index (χ3n) is 3.66. The van der Waals surface area contributed by atoms with Crippen molar-refractivity contribution in [1.29, 1.82) is 0 Å². The van der Waals surface area contributed by atoms with Gasteiger partial charge in [0.2, 0.25) is 0 Å². The fourth-order valence-corrected chi connectivity index (χ4v) is 4.01. The molecule has 4 aromatic rings. The number of nitrogens with one attached hydrogen (secondary N) is 1. The second kappa shape index (κ2) is 6.36. The van der Waals surface area contributed by atoms with Crippen LogP contribution in [-0.4, -0.2) is 15.9 Å². The zero-order valence-corrected chi connectivity index (χ0v) is 15.1. The van der Waals surface area contributed by atoms with Gasteiger partial charge < -0.3 is 10.2 Å². The van der Waals surface area contributed by atoms with E-state index in [0.717, 1.165) is 10.6 Å². The van der Waals surface area contributed by atoms with Crippen LogP contribution in [0.4, 0.5) is 10.3 Å². The Bertz CT molecular complexity index is 1190. The second-order valence-corrected chi connectivity index (χ2v) is 7.33. The first-order valence-electron chi connectivity index (χ1n) is 7.54. The largest absolute Gasteiger partial charge is 0.422 e. The van der Waals surface area contributed by atoms with E-state index in [2.05, 4.69) is 15.3 Å². The Hall–Kier alpha value is -3.04. The monoisotopic (exact) mass is 384 g/mol. The first-order valence-corrected chi connectivity index (χ1v) is 9.24. The topological polar surface area (TPSA) is 111 Å². The summed E-state index contributed by atoms with van der Waals surface area (Å²) in [5, 5.41) is 6.00. The van der Waals surface area contributed by atoms with E-state index in [0.29, 0.717) is 26.9 Å². The summed E-state index contributed by atoms with van der Waals surface area (Å²) in [6.07, 6.45) is 0. The predicted molar refractivity (Wildman–Crippen MR) is 103 cm³/mol. The minimum atomic E-state index is -0.693. The van der Waals surface area contributed by atoms with Crippen molar-refractivity contribution in [3.05, 3.63) is 57.4 Å². The lowest BCUT2D eigenvalue weighted by Crippen LogP contribution is -2.20. The number of aromatic nitrogens is 2. The number of fused-ring (bicyclic) bond motifs is 1. The predicted octanol–water partition coefficient (Wildman–Crippen LogP) is 3.52. The molecule has 9 heteroatoms. The van der Waals surface area contributed by atoms with Gasteiger partial charge in [0.25, 0.3) is 5.91 Å². The summed E-state index contributed by atoms with van der Waals surface area (Å²) >= 11 is 2.61. The van der Waals surface area contributed by atoms with Crippen LogP contribution < -0.4 is 16.7 Å². The molecule has 1 amide bonds. The van der Waals surface area contributed by atoms with E-state index in [-0.39, 0.29) is 5.56 Å². The minimum absolute atomic E-state index is 0.0731. The van der Waals surface area contributed by atoms with Crippen molar-refractivity contribution in [2.75, 3.05) is 11.1 Å². The summed E-state index contributed by atoms with van der Waals surface area (Å²) in [4.78, 5) is 34.0. The number of benzene rings is 1. The molecule has 3 aromatic heterocycles. The number of hydrogen-bond donors (Lipinski definition) is 2. The lowest BCUT2D eigenvalue weighted by molar-refractivity contribution is 0.102. The van der Waals surface area contributed by atoms with Crippen molar-refractivity contribution < 1.29 is 9.21 Å². The summed E-state index contributed by atoms with van der Waals surface area (Å²) in [5.74, 6) is -0.567. The number of para-hydroxylation sites is 1. The van der Waals surface area contributed by atoms with Gasteiger partial charge in [-0.3, -0.25) is 10.1 Å². The number of thiazole rings is 2. The van der Waals surface area contributed by atoms with Crippen LogP contribution in [0.3, 0.4) is 0 Å². The number of nitrogens with zero attached hydrogens (tertiary/aromatic N) is 2. The molecule has 0 aliphatic rings. The molecule has 4 rings (SSSR count). The van der Waals surface area contributed by atoms with Crippen molar-refractivity contribution in [3.63, 3.8) is 0 Å². The molecule has 0 unspecified atom stereocenters. The zero-order chi connectivity index (χ0) is 18.3. The number of hydrogen-bond acceptors (Lipinski definition) is 8. The van der Waals surface area contributed by atoms with Gasteiger partial charge in [-0.05, 0) is 19.1 Å². The SMILES string of the molecule is Cc1nc(NC(=O)c2cc3ccccc3oc2=O)sc1-c1csc(N)n1. The summed E-state index contributed by atoms with van der Waals surface area (Å²) in [7, 11) is 0. The number of amides is 1. The first-order chi connectivity index (χ1) is 12.5. The minimum Gasteiger partial charge on any atom is -0.422 e. The average molecular weight is 384 g/mol. The van der Waals surface area contributed by atoms with Crippen molar-refractivity contribution >= 4 is 49.8 Å². The molecule has 26 heavy (non-hydrogen) atoms. The summed E-state index contributed by atoms with van der Waals surface area (Å²) in [6, 6.07) is 8.52. The van der Waals surface area contributed by atoms with Gasteiger partial charge in [0, 0.05) is 10.8 Å². The van der Waals surface area contributed by atoms with E-state index in [9.17, 15) is 9.59 Å². The Morgan fingerprint density at radius 1 is 1.27 bits per heavy atom. The van der Waals surface area contributed by atoms with Gasteiger partial charge >= 0.3 is 5.63 Å². The summed E-state index contributed by atoms with van der Waals surface area (Å²) in [5.41, 5.74) is 6.77. The van der Waals surface area contributed by atoms with Gasteiger partial charge in [-0.2, -0.15) is 0 Å². The van der Waals surface area contributed by atoms with Crippen molar-refractivity contribution in [3.8, 4) is 10.6 Å². The molecule has 0 atom stereocenters. The zero-order valence-electron chi connectivity index (χ0n) is 13.5. The highest BCUT2D eigenvalue weighted by molar-refractivity contribution is 7.19. The van der Waals surface area contributed by atoms with Gasteiger partial charge in [-0.15, -0.1) is 11.3 Å². The normalized spacial score (nSPS) is 11.0. The molecule has 0 saturated heterocycles. The molecule has 0 aliphatic carbocycles. The lowest BCUT2D eigenvalue weighted by Gasteiger charge is -2.02. The molecular weight excluding hydrogens is 372 g/mol. The van der Waals surface area contributed by atoms with Crippen LogP contribution in [0.15, 0.2) is 44.9 Å². The van der Waals surface area contributed by atoms with Crippen LogP contribution in [0.5, 0.6) is 0 Å². The highest BCUT2D eigenvalue weighted by Gasteiger charge is 2.18. The third-order valence-corrected chi connectivity index (χ3v) is 5.43. The molecule has 130 valence electrons. The fourth-order valence-electron chi connectivity index (χ4n) is 2.46. The third kappa shape index (κ3) is 2.98.